The standard InChI is InChI=1S/C15H19NO/c1-3-4-11-17-15-10-6-7-12-13(15)8-5-9-14(12)16-2/h6-7,10,14,16H,5,8-9,11H2,1-2H3. The third kappa shape index (κ3) is 2.62. The van der Waals surface area contributed by atoms with Gasteiger partial charge in [0.05, 0.1) is 0 Å². The molecule has 0 heterocycles. The molecule has 0 bridgehead atoms. The highest BCUT2D eigenvalue weighted by molar-refractivity contribution is 5.43. The predicted octanol–water partition coefficient (Wildman–Crippen LogP) is 2.69. The van der Waals surface area contributed by atoms with Crippen molar-refractivity contribution in [2.24, 2.45) is 0 Å². The van der Waals surface area contributed by atoms with Gasteiger partial charge < -0.3 is 10.1 Å². The smallest absolute Gasteiger partial charge is 0.149 e. The molecule has 0 amide bonds. The van der Waals surface area contributed by atoms with Gasteiger partial charge in [0.1, 0.15) is 12.4 Å². The molecule has 0 saturated carbocycles. The molecule has 1 aromatic rings. The molecule has 0 fully saturated rings. The zero-order valence-electron chi connectivity index (χ0n) is 10.5. The van der Waals surface area contributed by atoms with Crippen LogP contribution in [0.5, 0.6) is 5.75 Å². The molecule has 1 aliphatic carbocycles. The average molecular weight is 229 g/mol. The summed E-state index contributed by atoms with van der Waals surface area (Å²) in [6.07, 6.45) is 3.54. The Balaban J connectivity index is 2.24. The minimum absolute atomic E-state index is 0.472. The van der Waals surface area contributed by atoms with E-state index < -0.39 is 0 Å². The molecule has 1 aliphatic rings. The van der Waals surface area contributed by atoms with E-state index in [9.17, 15) is 0 Å². The lowest BCUT2D eigenvalue weighted by atomic mass is 9.87. The van der Waals surface area contributed by atoms with Gasteiger partial charge in [-0.15, -0.1) is 5.92 Å². The normalized spacial score (nSPS) is 17.9. The maximum atomic E-state index is 5.74. The van der Waals surface area contributed by atoms with E-state index in [1.54, 1.807) is 0 Å². The average Bonchev–Trinajstić information content (AvgIpc) is 2.38. The molecule has 90 valence electrons. The van der Waals surface area contributed by atoms with Crippen LogP contribution in [0.4, 0.5) is 0 Å². The minimum atomic E-state index is 0.472. The summed E-state index contributed by atoms with van der Waals surface area (Å²) in [5.74, 6) is 6.80. The van der Waals surface area contributed by atoms with Gasteiger partial charge in [-0.25, -0.2) is 0 Å². The second-order valence-corrected chi connectivity index (χ2v) is 4.27. The molecular formula is C15H19NO. The van der Waals surface area contributed by atoms with E-state index in [2.05, 4.69) is 29.3 Å². The Morgan fingerprint density at radius 3 is 3.12 bits per heavy atom. The quantitative estimate of drug-likeness (QED) is 0.805. The fourth-order valence-corrected chi connectivity index (χ4v) is 2.44. The molecular weight excluding hydrogens is 210 g/mol. The van der Waals surface area contributed by atoms with E-state index in [0.29, 0.717) is 12.6 Å². The van der Waals surface area contributed by atoms with Crippen molar-refractivity contribution in [2.75, 3.05) is 13.7 Å². The molecule has 1 unspecified atom stereocenters. The summed E-state index contributed by atoms with van der Waals surface area (Å²) in [7, 11) is 2.02. The molecule has 2 heteroatoms. The zero-order chi connectivity index (χ0) is 12.1. The van der Waals surface area contributed by atoms with Crippen molar-refractivity contribution < 1.29 is 4.74 Å². The summed E-state index contributed by atoms with van der Waals surface area (Å²) in [5, 5.41) is 3.37. The zero-order valence-corrected chi connectivity index (χ0v) is 10.5. The third-order valence-corrected chi connectivity index (χ3v) is 3.29. The van der Waals surface area contributed by atoms with Crippen molar-refractivity contribution in [2.45, 2.75) is 32.2 Å². The summed E-state index contributed by atoms with van der Waals surface area (Å²) in [6, 6.07) is 6.80. The molecule has 1 atom stereocenters. The van der Waals surface area contributed by atoms with Gasteiger partial charge in [0.15, 0.2) is 0 Å². The summed E-state index contributed by atoms with van der Waals surface area (Å²) in [5.41, 5.74) is 2.75. The van der Waals surface area contributed by atoms with Crippen LogP contribution in [0.2, 0.25) is 0 Å². The Hall–Kier alpha value is -1.46. The SMILES string of the molecule is CC#CCOc1cccc2c1CCCC2NC. The molecule has 0 aliphatic heterocycles. The van der Waals surface area contributed by atoms with Crippen LogP contribution in [0, 0.1) is 11.8 Å². The van der Waals surface area contributed by atoms with Gasteiger partial charge in [-0.1, -0.05) is 18.1 Å². The third-order valence-electron chi connectivity index (χ3n) is 3.29. The van der Waals surface area contributed by atoms with Crippen molar-refractivity contribution in [1.82, 2.24) is 5.32 Å². The van der Waals surface area contributed by atoms with E-state index in [-0.39, 0.29) is 0 Å². The second-order valence-electron chi connectivity index (χ2n) is 4.27. The molecule has 2 rings (SSSR count). The minimum Gasteiger partial charge on any atom is -0.481 e. The Bertz CT molecular complexity index is 442. The lowest BCUT2D eigenvalue weighted by Gasteiger charge is -2.26. The molecule has 17 heavy (non-hydrogen) atoms. The maximum Gasteiger partial charge on any atom is 0.149 e. The molecule has 1 aromatic carbocycles. The summed E-state index contributed by atoms with van der Waals surface area (Å²) in [4.78, 5) is 0. The fraction of sp³-hybridized carbons (Fsp3) is 0.467. The van der Waals surface area contributed by atoms with Crippen LogP contribution >= 0.6 is 0 Å². The second kappa shape index (κ2) is 5.75. The lowest BCUT2D eigenvalue weighted by Crippen LogP contribution is -2.22. The predicted molar refractivity (Wildman–Crippen MR) is 70.1 cm³/mol. The summed E-state index contributed by atoms with van der Waals surface area (Å²) >= 11 is 0. The Kier molecular flexibility index (Phi) is 4.06. The monoisotopic (exact) mass is 229 g/mol. The Labute approximate surface area is 103 Å². The Morgan fingerprint density at radius 1 is 1.47 bits per heavy atom. The van der Waals surface area contributed by atoms with Gasteiger partial charge in [-0.2, -0.15) is 0 Å². The molecule has 2 nitrogen and oxygen atoms in total. The van der Waals surface area contributed by atoms with E-state index in [1.807, 2.05) is 20.0 Å². The van der Waals surface area contributed by atoms with Crippen LogP contribution in [-0.4, -0.2) is 13.7 Å². The van der Waals surface area contributed by atoms with Gasteiger partial charge >= 0.3 is 0 Å². The highest BCUT2D eigenvalue weighted by atomic mass is 16.5. The van der Waals surface area contributed by atoms with E-state index >= 15 is 0 Å². The van der Waals surface area contributed by atoms with Crippen LogP contribution in [0.1, 0.15) is 36.9 Å². The summed E-state index contributed by atoms with van der Waals surface area (Å²) in [6.45, 7) is 2.32. The van der Waals surface area contributed by atoms with Gasteiger partial charge in [-0.3, -0.25) is 0 Å². The van der Waals surface area contributed by atoms with Gasteiger partial charge in [-0.05, 0) is 50.4 Å². The first kappa shape index (κ1) is 12.0. The van der Waals surface area contributed by atoms with Gasteiger partial charge in [0.25, 0.3) is 0 Å². The lowest BCUT2D eigenvalue weighted by molar-refractivity contribution is 0.360. The van der Waals surface area contributed by atoms with Crippen molar-refractivity contribution in [3.63, 3.8) is 0 Å². The molecule has 1 N–H and O–H groups in total. The van der Waals surface area contributed by atoms with Crippen molar-refractivity contribution in [3.05, 3.63) is 29.3 Å². The van der Waals surface area contributed by atoms with E-state index in [0.717, 1.165) is 12.2 Å². The molecule has 0 saturated heterocycles. The van der Waals surface area contributed by atoms with Crippen molar-refractivity contribution in [3.8, 4) is 17.6 Å². The largest absolute Gasteiger partial charge is 0.481 e. The van der Waals surface area contributed by atoms with Crippen LogP contribution in [0.15, 0.2) is 18.2 Å². The maximum absolute atomic E-state index is 5.74. The van der Waals surface area contributed by atoms with Gasteiger partial charge in [0.2, 0.25) is 0 Å². The Morgan fingerprint density at radius 2 is 2.35 bits per heavy atom. The molecule has 0 radical (unpaired) electrons. The van der Waals surface area contributed by atoms with E-state index in [1.165, 1.54) is 24.0 Å². The molecule has 0 spiro atoms. The van der Waals surface area contributed by atoms with E-state index in [4.69, 9.17) is 4.74 Å². The fourth-order valence-electron chi connectivity index (χ4n) is 2.44. The number of fused-ring (bicyclic) bond motifs is 1. The van der Waals surface area contributed by atoms with Crippen LogP contribution in [-0.2, 0) is 6.42 Å². The molecule has 0 aromatic heterocycles. The van der Waals surface area contributed by atoms with Crippen molar-refractivity contribution >= 4 is 0 Å². The number of hydrogen-bond acceptors (Lipinski definition) is 2. The van der Waals surface area contributed by atoms with Crippen LogP contribution in [0.3, 0.4) is 0 Å². The number of ether oxygens (including phenoxy) is 1. The first-order valence-electron chi connectivity index (χ1n) is 6.18. The first-order valence-corrected chi connectivity index (χ1v) is 6.18. The number of benzene rings is 1. The highest BCUT2D eigenvalue weighted by Gasteiger charge is 2.21. The number of rotatable bonds is 3. The van der Waals surface area contributed by atoms with Crippen molar-refractivity contribution in [1.29, 1.82) is 0 Å². The van der Waals surface area contributed by atoms with Gasteiger partial charge in [0, 0.05) is 6.04 Å². The van der Waals surface area contributed by atoms with Crippen LogP contribution in [0.25, 0.3) is 0 Å². The summed E-state index contributed by atoms with van der Waals surface area (Å²) < 4.78 is 5.74. The highest BCUT2D eigenvalue weighted by Crippen LogP contribution is 2.34. The number of nitrogens with one attached hydrogen (secondary N) is 1. The van der Waals surface area contributed by atoms with Crippen LogP contribution < -0.4 is 10.1 Å². The number of hydrogen-bond donors (Lipinski definition) is 1. The topological polar surface area (TPSA) is 21.3 Å². The first-order chi connectivity index (χ1) is 8.36.